The summed E-state index contributed by atoms with van der Waals surface area (Å²) in [4.78, 5) is 14.4. The molecule has 0 radical (unpaired) electrons. The van der Waals surface area contributed by atoms with Gasteiger partial charge in [0.1, 0.15) is 11.5 Å². The molecule has 1 aliphatic heterocycles. The lowest BCUT2D eigenvalue weighted by atomic mass is 10.1. The fourth-order valence-corrected chi connectivity index (χ4v) is 2.76. The van der Waals surface area contributed by atoms with Gasteiger partial charge in [0, 0.05) is 19.1 Å². The van der Waals surface area contributed by atoms with Crippen molar-refractivity contribution in [2.24, 2.45) is 5.73 Å². The molecule has 0 bridgehead atoms. The van der Waals surface area contributed by atoms with E-state index in [9.17, 15) is 9.18 Å². The highest BCUT2D eigenvalue weighted by Gasteiger charge is 2.25. The maximum absolute atomic E-state index is 13.9. The van der Waals surface area contributed by atoms with Crippen LogP contribution < -0.4 is 5.73 Å². The third kappa shape index (κ3) is 3.38. The Bertz CT molecular complexity index is 695. The summed E-state index contributed by atoms with van der Waals surface area (Å²) in [7, 11) is 0. The van der Waals surface area contributed by atoms with E-state index in [1.54, 1.807) is 30.0 Å². The van der Waals surface area contributed by atoms with Gasteiger partial charge in [-0.05, 0) is 31.9 Å². The van der Waals surface area contributed by atoms with Crippen molar-refractivity contribution < 1.29 is 9.18 Å². The molecule has 3 rings (SSSR count). The number of carbonyl (C=O) groups is 1. The first-order valence-corrected chi connectivity index (χ1v) is 7.42. The molecule has 2 heterocycles. The van der Waals surface area contributed by atoms with Gasteiger partial charge in [0.15, 0.2) is 0 Å². The lowest BCUT2D eigenvalue weighted by Crippen LogP contribution is -2.42. The molecule has 124 valence electrons. The number of para-hydroxylation sites is 1. The van der Waals surface area contributed by atoms with Crippen LogP contribution in [0.1, 0.15) is 28.9 Å². The zero-order chi connectivity index (χ0) is 15.7. The number of hydrogen-bond donors (Lipinski definition) is 1. The van der Waals surface area contributed by atoms with Gasteiger partial charge in [-0.25, -0.2) is 9.07 Å². The molecule has 0 atom stereocenters. The van der Waals surface area contributed by atoms with E-state index in [0.717, 1.165) is 12.8 Å². The molecule has 1 fully saturated rings. The van der Waals surface area contributed by atoms with Crippen molar-refractivity contribution in [3.05, 3.63) is 47.5 Å². The van der Waals surface area contributed by atoms with E-state index in [4.69, 9.17) is 5.73 Å². The maximum Gasteiger partial charge on any atom is 0.257 e. The van der Waals surface area contributed by atoms with E-state index in [2.05, 4.69) is 5.10 Å². The summed E-state index contributed by atoms with van der Waals surface area (Å²) >= 11 is 0. The number of halogens is 2. The average Bonchev–Trinajstić information content (AvgIpc) is 2.89. The Labute approximate surface area is 140 Å². The number of carbonyl (C=O) groups excluding carboxylic acids is 1. The summed E-state index contributed by atoms with van der Waals surface area (Å²) in [5.74, 6) is -0.427. The number of likely N-dealkylation sites (tertiary alicyclic amines) is 1. The number of amides is 1. The molecule has 23 heavy (non-hydrogen) atoms. The van der Waals surface area contributed by atoms with Crippen molar-refractivity contribution in [1.29, 1.82) is 0 Å². The van der Waals surface area contributed by atoms with Crippen LogP contribution in [0.5, 0.6) is 0 Å². The monoisotopic (exact) mass is 338 g/mol. The number of nitrogens with two attached hydrogens (primary N) is 1. The molecule has 0 spiro atoms. The van der Waals surface area contributed by atoms with Crippen LogP contribution in [0.25, 0.3) is 5.69 Å². The summed E-state index contributed by atoms with van der Waals surface area (Å²) in [6.45, 7) is 3.09. The second kappa shape index (κ2) is 7.10. The van der Waals surface area contributed by atoms with Crippen molar-refractivity contribution in [2.75, 3.05) is 13.1 Å². The van der Waals surface area contributed by atoms with Crippen molar-refractivity contribution in [3.8, 4) is 5.69 Å². The van der Waals surface area contributed by atoms with Crippen molar-refractivity contribution in [3.63, 3.8) is 0 Å². The molecule has 1 aromatic carbocycles. The molecular weight excluding hydrogens is 319 g/mol. The highest BCUT2D eigenvalue weighted by molar-refractivity contribution is 5.95. The smallest absolute Gasteiger partial charge is 0.257 e. The molecule has 5 nitrogen and oxygen atoms in total. The lowest BCUT2D eigenvalue weighted by Gasteiger charge is -2.30. The minimum atomic E-state index is -0.364. The molecule has 1 aliphatic rings. The number of nitrogens with zero attached hydrogens (tertiary/aromatic N) is 3. The predicted molar refractivity (Wildman–Crippen MR) is 88.6 cm³/mol. The fraction of sp³-hybridized carbons (Fsp3) is 0.375. The fourth-order valence-electron chi connectivity index (χ4n) is 2.76. The molecular formula is C16H20ClFN4O. The van der Waals surface area contributed by atoms with Gasteiger partial charge < -0.3 is 10.6 Å². The van der Waals surface area contributed by atoms with E-state index < -0.39 is 0 Å². The number of piperidine rings is 1. The Kier molecular flexibility index (Phi) is 5.38. The standard InChI is InChI=1S/C16H19FN4O.ClH/c1-11-13(16(22)20-8-6-12(18)7-9-20)10-19-21(11)15-5-3-2-4-14(15)17;/h2-5,10,12H,6-9,18H2,1H3;1H. The van der Waals surface area contributed by atoms with Crippen molar-refractivity contribution in [1.82, 2.24) is 14.7 Å². The van der Waals surface area contributed by atoms with Crippen LogP contribution in [-0.4, -0.2) is 39.7 Å². The zero-order valence-corrected chi connectivity index (χ0v) is 13.7. The van der Waals surface area contributed by atoms with Gasteiger partial charge in [0.25, 0.3) is 5.91 Å². The number of rotatable bonds is 2. The zero-order valence-electron chi connectivity index (χ0n) is 12.9. The molecule has 1 amide bonds. The van der Waals surface area contributed by atoms with Crippen LogP contribution >= 0.6 is 12.4 Å². The predicted octanol–water partition coefficient (Wildman–Crippen LogP) is 2.30. The average molecular weight is 339 g/mol. The summed E-state index contributed by atoms with van der Waals surface area (Å²) in [5, 5.41) is 4.18. The van der Waals surface area contributed by atoms with E-state index in [1.807, 2.05) is 0 Å². The molecule has 1 saturated heterocycles. The highest BCUT2D eigenvalue weighted by atomic mass is 35.5. The van der Waals surface area contributed by atoms with Gasteiger partial charge in [-0.3, -0.25) is 4.79 Å². The Hall–Kier alpha value is -1.92. The van der Waals surface area contributed by atoms with Crippen LogP contribution in [-0.2, 0) is 0 Å². The topological polar surface area (TPSA) is 64.2 Å². The summed E-state index contributed by atoms with van der Waals surface area (Å²) < 4.78 is 15.4. The van der Waals surface area contributed by atoms with Gasteiger partial charge >= 0.3 is 0 Å². The van der Waals surface area contributed by atoms with Gasteiger partial charge in [-0.1, -0.05) is 12.1 Å². The van der Waals surface area contributed by atoms with Gasteiger partial charge in [-0.15, -0.1) is 12.4 Å². The molecule has 2 N–H and O–H groups in total. The van der Waals surface area contributed by atoms with Crippen LogP contribution in [0, 0.1) is 12.7 Å². The summed E-state index contributed by atoms with van der Waals surface area (Å²) in [6.07, 6.45) is 3.14. The van der Waals surface area contributed by atoms with Crippen LogP contribution in [0.2, 0.25) is 0 Å². The number of aromatic nitrogens is 2. The second-order valence-corrected chi connectivity index (χ2v) is 5.64. The molecule has 7 heteroatoms. The lowest BCUT2D eigenvalue weighted by molar-refractivity contribution is 0.0714. The molecule has 0 saturated carbocycles. The Morgan fingerprint density at radius 2 is 1.96 bits per heavy atom. The molecule has 0 aliphatic carbocycles. The number of hydrogen-bond acceptors (Lipinski definition) is 3. The molecule has 2 aromatic rings. The van der Waals surface area contributed by atoms with Gasteiger partial charge in [-0.2, -0.15) is 5.10 Å². The van der Waals surface area contributed by atoms with Gasteiger partial charge in [0.2, 0.25) is 0 Å². The summed E-state index contributed by atoms with van der Waals surface area (Å²) in [5.41, 5.74) is 7.37. The third-order valence-electron chi connectivity index (χ3n) is 4.15. The minimum absolute atomic E-state index is 0. The highest BCUT2D eigenvalue weighted by Crippen LogP contribution is 2.19. The first kappa shape index (κ1) is 17.4. The van der Waals surface area contributed by atoms with Crippen LogP contribution in [0.4, 0.5) is 4.39 Å². The third-order valence-corrected chi connectivity index (χ3v) is 4.15. The van der Waals surface area contributed by atoms with Gasteiger partial charge in [0.05, 0.1) is 17.5 Å². The van der Waals surface area contributed by atoms with E-state index in [1.165, 1.54) is 16.9 Å². The first-order chi connectivity index (χ1) is 10.6. The van der Waals surface area contributed by atoms with E-state index in [0.29, 0.717) is 30.0 Å². The van der Waals surface area contributed by atoms with Crippen molar-refractivity contribution >= 4 is 18.3 Å². The molecule has 1 aromatic heterocycles. The minimum Gasteiger partial charge on any atom is -0.338 e. The maximum atomic E-state index is 13.9. The normalized spacial score (nSPS) is 15.3. The van der Waals surface area contributed by atoms with Crippen LogP contribution in [0.3, 0.4) is 0 Å². The Balaban J connectivity index is 0.00000192. The first-order valence-electron chi connectivity index (χ1n) is 7.42. The van der Waals surface area contributed by atoms with E-state index >= 15 is 0 Å². The van der Waals surface area contributed by atoms with Crippen LogP contribution in [0.15, 0.2) is 30.5 Å². The molecule has 0 unspecified atom stereocenters. The Morgan fingerprint density at radius 3 is 2.61 bits per heavy atom. The largest absolute Gasteiger partial charge is 0.338 e. The number of benzene rings is 1. The van der Waals surface area contributed by atoms with E-state index in [-0.39, 0.29) is 30.2 Å². The quantitative estimate of drug-likeness (QED) is 0.913. The SMILES string of the molecule is Cc1c(C(=O)N2CCC(N)CC2)cnn1-c1ccccc1F.Cl. The Morgan fingerprint density at radius 1 is 1.30 bits per heavy atom. The second-order valence-electron chi connectivity index (χ2n) is 5.64. The van der Waals surface area contributed by atoms with Crippen molar-refractivity contribution in [2.45, 2.75) is 25.8 Å². The summed E-state index contributed by atoms with van der Waals surface area (Å²) in [6, 6.07) is 6.56.